The van der Waals surface area contributed by atoms with Gasteiger partial charge < -0.3 is 15.3 Å². The molecule has 2 aromatic heterocycles. The molecule has 0 spiro atoms. The highest BCUT2D eigenvalue weighted by Crippen LogP contribution is 2.34. The second kappa shape index (κ2) is 9.37. The molecule has 8 nitrogen and oxygen atoms in total. The maximum absolute atomic E-state index is 10.6. The molecule has 4 rings (SSSR count). The number of phenols is 1. The number of rotatable bonds is 4. The first kappa shape index (κ1) is 25.1. The van der Waals surface area contributed by atoms with E-state index in [1.165, 1.54) is 0 Å². The van der Waals surface area contributed by atoms with Crippen molar-refractivity contribution in [2.45, 2.75) is 57.7 Å². The molecule has 1 aromatic carbocycles. The predicted octanol–water partition coefficient (Wildman–Crippen LogP) is 4.52. The van der Waals surface area contributed by atoms with E-state index in [-0.39, 0.29) is 29.2 Å². The number of nitrogens with one attached hydrogen (secondary N) is 1. The molecule has 3 heterocycles. The quantitative estimate of drug-likeness (QED) is 0.551. The number of aromatic hydroxyl groups is 1. The molecule has 1 aliphatic heterocycles. The van der Waals surface area contributed by atoms with Crippen LogP contribution in [0.5, 0.6) is 5.75 Å². The molecule has 33 heavy (non-hydrogen) atoms. The first-order chi connectivity index (χ1) is 15.0. The van der Waals surface area contributed by atoms with Crippen molar-refractivity contribution in [1.82, 2.24) is 30.7 Å². The Hall–Kier alpha value is -2.55. The van der Waals surface area contributed by atoms with Crippen molar-refractivity contribution in [3.8, 4) is 28.3 Å². The van der Waals surface area contributed by atoms with Crippen LogP contribution in [0.25, 0.3) is 22.5 Å². The Balaban J connectivity index is 0.00000306. The normalized spacial score (nSPS) is 17.3. The first-order valence-electron chi connectivity index (χ1n) is 10.6. The van der Waals surface area contributed by atoms with E-state index in [0.29, 0.717) is 34.1 Å². The lowest BCUT2D eigenvalue weighted by Crippen LogP contribution is -2.62. The van der Waals surface area contributed by atoms with Crippen molar-refractivity contribution in [3.05, 3.63) is 41.7 Å². The lowest BCUT2D eigenvalue weighted by molar-refractivity contribution is 0.160. The highest BCUT2D eigenvalue weighted by Gasteiger charge is 2.39. The lowest BCUT2D eigenvalue weighted by atomic mass is 9.79. The van der Waals surface area contributed by atoms with Crippen molar-refractivity contribution in [2.24, 2.45) is 0 Å². The van der Waals surface area contributed by atoms with Gasteiger partial charge in [0.25, 0.3) is 0 Å². The number of nitrogens with zero attached hydrogens (tertiary/aromatic N) is 6. The summed E-state index contributed by atoms with van der Waals surface area (Å²) in [6, 6.07) is 8.93. The number of phenolic OH excluding ortho intramolecular Hbond substituents is 1. The summed E-state index contributed by atoms with van der Waals surface area (Å²) in [5.74, 6) is 0.637. The Kier molecular flexibility index (Phi) is 7.12. The third-order valence-corrected chi connectivity index (χ3v) is 5.98. The highest BCUT2D eigenvalue weighted by atomic mass is 35.5. The SMILES string of the molecule is CN(c1ncc(-c2ccc(-c3ccc(Cl)nn3)cc2O)nn1)C1CC(C)(C)NC(C)(C)C1.Cl. The molecule has 0 radical (unpaired) electrons. The first-order valence-corrected chi connectivity index (χ1v) is 11.0. The molecule has 0 bridgehead atoms. The van der Waals surface area contributed by atoms with Crippen LogP contribution in [-0.2, 0) is 0 Å². The zero-order chi connectivity index (χ0) is 23.1. The molecule has 0 unspecified atom stereocenters. The molecule has 2 N–H and O–H groups in total. The molecule has 0 saturated carbocycles. The van der Waals surface area contributed by atoms with E-state index in [1.807, 2.05) is 13.1 Å². The second-order valence-corrected chi connectivity index (χ2v) is 10.1. The van der Waals surface area contributed by atoms with Gasteiger partial charge in [-0.2, -0.15) is 0 Å². The average molecular weight is 490 g/mol. The summed E-state index contributed by atoms with van der Waals surface area (Å²) < 4.78 is 0. The van der Waals surface area contributed by atoms with Gasteiger partial charge in [-0.05, 0) is 64.8 Å². The van der Waals surface area contributed by atoms with Crippen LogP contribution >= 0.6 is 24.0 Å². The lowest BCUT2D eigenvalue weighted by Gasteiger charge is -2.48. The van der Waals surface area contributed by atoms with E-state index >= 15 is 0 Å². The van der Waals surface area contributed by atoms with Gasteiger partial charge in [-0.3, -0.25) is 0 Å². The summed E-state index contributed by atoms with van der Waals surface area (Å²) in [5.41, 5.74) is 2.44. The van der Waals surface area contributed by atoms with Gasteiger partial charge in [0, 0.05) is 35.3 Å². The largest absolute Gasteiger partial charge is 0.507 e. The smallest absolute Gasteiger partial charge is 0.245 e. The van der Waals surface area contributed by atoms with Crippen LogP contribution in [0.4, 0.5) is 5.95 Å². The molecular formula is C23H29Cl2N7O. The third-order valence-electron chi connectivity index (χ3n) is 5.78. The third kappa shape index (κ3) is 5.69. The number of halogens is 2. The van der Waals surface area contributed by atoms with Crippen molar-refractivity contribution in [2.75, 3.05) is 11.9 Å². The molecule has 0 amide bonds. The van der Waals surface area contributed by atoms with Crippen LogP contribution < -0.4 is 10.2 Å². The summed E-state index contributed by atoms with van der Waals surface area (Å²) in [6.45, 7) is 8.88. The van der Waals surface area contributed by atoms with Crippen LogP contribution in [0, 0.1) is 0 Å². The Morgan fingerprint density at radius 3 is 2.18 bits per heavy atom. The molecule has 10 heteroatoms. The molecule has 1 aliphatic rings. The summed E-state index contributed by atoms with van der Waals surface area (Å²) in [4.78, 5) is 6.64. The van der Waals surface area contributed by atoms with Crippen LogP contribution in [-0.4, -0.2) is 54.7 Å². The molecule has 0 aliphatic carbocycles. The van der Waals surface area contributed by atoms with E-state index in [2.05, 4.69) is 63.3 Å². The summed E-state index contributed by atoms with van der Waals surface area (Å²) >= 11 is 5.80. The number of hydrogen-bond donors (Lipinski definition) is 2. The average Bonchev–Trinajstić information content (AvgIpc) is 2.72. The minimum atomic E-state index is 0. The van der Waals surface area contributed by atoms with Crippen molar-refractivity contribution < 1.29 is 5.11 Å². The predicted molar refractivity (Wildman–Crippen MR) is 133 cm³/mol. The Bertz CT molecular complexity index is 1090. The fourth-order valence-corrected chi connectivity index (χ4v) is 4.74. The summed E-state index contributed by atoms with van der Waals surface area (Å²) in [7, 11) is 2.01. The molecule has 1 fully saturated rings. The van der Waals surface area contributed by atoms with Gasteiger partial charge >= 0.3 is 0 Å². The Morgan fingerprint density at radius 1 is 0.970 bits per heavy atom. The Morgan fingerprint density at radius 2 is 1.64 bits per heavy atom. The fraction of sp³-hybridized carbons (Fsp3) is 0.435. The molecule has 176 valence electrons. The fourth-order valence-electron chi connectivity index (χ4n) is 4.64. The minimum Gasteiger partial charge on any atom is -0.507 e. The van der Waals surface area contributed by atoms with Gasteiger partial charge in [0.15, 0.2) is 5.15 Å². The molecule has 0 atom stereocenters. The van der Waals surface area contributed by atoms with E-state index in [1.54, 1.807) is 30.5 Å². The van der Waals surface area contributed by atoms with E-state index < -0.39 is 0 Å². The monoisotopic (exact) mass is 489 g/mol. The maximum atomic E-state index is 10.6. The van der Waals surface area contributed by atoms with Crippen molar-refractivity contribution >= 4 is 30.0 Å². The van der Waals surface area contributed by atoms with E-state index in [4.69, 9.17) is 11.6 Å². The van der Waals surface area contributed by atoms with Crippen LogP contribution in [0.2, 0.25) is 5.15 Å². The minimum absolute atomic E-state index is 0. The maximum Gasteiger partial charge on any atom is 0.245 e. The van der Waals surface area contributed by atoms with Gasteiger partial charge in [-0.15, -0.1) is 32.8 Å². The topological polar surface area (TPSA) is 100.0 Å². The van der Waals surface area contributed by atoms with Crippen LogP contribution in [0.3, 0.4) is 0 Å². The summed E-state index contributed by atoms with van der Waals surface area (Å²) in [6.07, 6.45) is 3.61. The standard InChI is InChI=1S/C23H28ClN7O.ClH/c1-22(2)11-15(12-23(3,4)30-22)31(5)21-25-13-18(27-29-21)16-7-6-14(10-19(16)32)17-8-9-20(24)28-26-17;/h6-10,13,15,30,32H,11-12H2,1-5H3;1H. The molecule has 3 aromatic rings. The van der Waals surface area contributed by atoms with Gasteiger partial charge in [-0.25, -0.2) is 4.98 Å². The van der Waals surface area contributed by atoms with Gasteiger partial charge in [-0.1, -0.05) is 17.7 Å². The number of hydrogen-bond acceptors (Lipinski definition) is 8. The van der Waals surface area contributed by atoms with E-state index in [9.17, 15) is 5.11 Å². The van der Waals surface area contributed by atoms with Crippen LogP contribution in [0.15, 0.2) is 36.5 Å². The number of piperidine rings is 1. The van der Waals surface area contributed by atoms with Crippen LogP contribution in [0.1, 0.15) is 40.5 Å². The number of benzene rings is 1. The Labute approximate surface area is 205 Å². The second-order valence-electron chi connectivity index (χ2n) is 9.68. The number of aromatic nitrogens is 5. The van der Waals surface area contributed by atoms with E-state index in [0.717, 1.165) is 18.4 Å². The summed E-state index contributed by atoms with van der Waals surface area (Å²) in [5, 5.41) is 31.2. The van der Waals surface area contributed by atoms with Gasteiger partial charge in [0.05, 0.1) is 11.9 Å². The van der Waals surface area contributed by atoms with Crippen molar-refractivity contribution in [3.63, 3.8) is 0 Å². The highest BCUT2D eigenvalue weighted by molar-refractivity contribution is 6.29. The number of anilines is 1. The van der Waals surface area contributed by atoms with Crippen molar-refractivity contribution in [1.29, 1.82) is 0 Å². The zero-order valence-electron chi connectivity index (χ0n) is 19.4. The van der Waals surface area contributed by atoms with Gasteiger partial charge in [0.1, 0.15) is 11.4 Å². The molecule has 1 saturated heterocycles. The molecular weight excluding hydrogens is 461 g/mol. The van der Waals surface area contributed by atoms with Gasteiger partial charge in [0.2, 0.25) is 5.95 Å². The zero-order valence-corrected chi connectivity index (χ0v) is 20.9.